The minimum absolute atomic E-state index is 0.662. The molecule has 31 aromatic rings. The molecule has 0 aliphatic rings. The molecule has 9 heterocycles. The third-order valence-electron chi connectivity index (χ3n) is 30.0. The molecule has 0 unspecified atom stereocenters. The van der Waals surface area contributed by atoms with Crippen molar-refractivity contribution in [2.24, 2.45) is 0 Å². The van der Waals surface area contributed by atoms with Crippen molar-refractivity contribution in [2.75, 3.05) is 0 Å². The van der Waals surface area contributed by atoms with Gasteiger partial charge in [0.15, 0.2) is 0 Å². The van der Waals surface area contributed by atoms with Crippen LogP contribution in [0.1, 0.15) is 11.1 Å². The normalized spacial score (nSPS) is 11.8. The van der Waals surface area contributed by atoms with Crippen LogP contribution in [0.3, 0.4) is 0 Å². The van der Waals surface area contributed by atoms with E-state index >= 15 is 0 Å². The second-order valence-electron chi connectivity index (χ2n) is 38.4. The van der Waals surface area contributed by atoms with Crippen molar-refractivity contribution in [3.63, 3.8) is 0 Å². The number of hydrogen-bond acceptors (Lipinski definition) is 6. The molecule has 0 N–H and O–H groups in total. The van der Waals surface area contributed by atoms with Gasteiger partial charge in [0.05, 0.1) is 84.0 Å². The predicted octanol–water partition coefficient (Wildman–Crippen LogP) is 41.1. The van der Waals surface area contributed by atoms with Crippen LogP contribution >= 0.6 is 34.0 Å². The fourth-order valence-electron chi connectivity index (χ4n) is 23.3. The lowest BCUT2D eigenvalue weighted by Gasteiger charge is -2.11. The van der Waals surface area contributed by atoms with Crippen LogP contribution in [0.5, 0.6) is 0 Å². The van der Waals surface area contributed by atoms with Gasteiger partial charge in [-0.15, -0.1) is 34.0 Å². The zero-order valence-corrected chi connectivity index (χ0v) is 82.8. The maximum absolute atomic E-state index is 8.18. The van der Waals surface area contributed by atoms with E-state index in [0.717, 1.165) is 194 Å². The van der Waals surface area contributed by atoms with Gasteiger partial charge in [0.2, 0.25) is 17.1 Å². The lowest BCUT2D eigenvalue weighted by molar-refractivity contribution is 0.668. The first-order valence-corrected chi connectivity index (χ1v) is 52.2. The molecule has 0 bridgehead atoms. The maximum atomic E-state index is 8.18. The molecule has 0 spiro atoms. The third kappa shape index (κ3) is 13.8. The minimum atomic E-state index is 0.662. The highest BCUT2D eigenvalue weighted by Gasteiger charge is 2.29. The van der Waals surface area contributed by atoms with Crippen LogP contribution in [-0.4, -0.2) is 13.7 Å². The molecule has 0 amide bonds. The largest absolute Gasteiger partial charge is 0.456 e. The average Bonchev–Trinajstić information content (AvgIpc) is 1.56. The first-order chi connectivity index (χ1) is 73.6. The smallest absolute Gasteiger partial charge is 0.204 e. The summed E-state index contributed by atoms with van der Waals surface area (Å²) < 4.78 is 32.8. The van der Waals surface area contributed by atoms with Crippen molar-refractivity contribution >= 4 is 243 Å². The zero-order valence-electron chi connectivity index (χ0n) is 80.4. The Morgan fingerprint density at radius 1 is 0.188 bits per heavy atom. The molecule has 0 aliphatic carbocycles. The lowest BCUT2D eigenvalue weighted by Crippen LogP contribution is -1.94. The van der Waals surface area contributed by atoms with Gasteiger partial charge in [0.25, 0.3) is 0 Å². The Morgan fingerprint density at radius 2 is 0.490 bits per heavy atom. The number of rotatable bonds is 10. The summed E-state index contributed by atoms with van der Waals surface area (Å²) in [6.07, 6.45) is 0. The highest BCUT2D eigenvalue weighted by Crippen LogP contribution is 2.55. The van der Waals surface area contributed by atoms with Crippen molar-refractivity contribution < 1.29 is 13.3 Å². The summed E-state index contributed by atoms with van der Waals surface area (Å²) in [5.74, 6) is 0. The molecular weight excluding hydrogens is 1870 g/mol. The first-order valence-electron chi connectivity index (χ1n) is 49.8. The Balaban J connectivity index is 0.000000106. The van der Waals surface area contributed by atoms with E-state index in [1.165, 1.54) is 104 Å². The number of thiophene rings is 3. The van der Waals surface area contributed by atoms with Gasteiger partial charge >= 0.3 is 0 Å². The monoisotopic (exact) mass is 1950 g/mol. The highest BCUT2D eigenvalue weighted by molar-refractivity contribution is 7.28. The van der Waals surface area contributed by atoms with E-state index < -0.39 is 0 Å². The second-order valence-corrected chi connectivity index (χ2v) is 41.5. The molecule has 22 aromatic carbocycles. The van der Waals surface area contributed by atoms with Gasteiger partial charge < -0.3 is 27.0 Å². The summed E-state index contributed by atoms with van der Waals surface area (Å²) in [5, 5.41) is 20.7. The summed E-state index contributed by atoms with van der Waals surface area (Å²) in [5.41, 5.74) is 36.1. The lowest BCUT2D eigenvalue weighted by atomic mass is 9.95. The van der Waals surface area contributed by atoms with Gasteiger partial charge in [-0.25, -0.2) is 14.5 Å². The van der Waals surface area contributed by atoms with Gasteiger partial charge in [0.1, 0.15) is 33.5 Å². The number of hydrogen-bond donors (Lipinski definition) is 0. The quantitative estimate of drug-likeness (QED) is 0.128. The number of furan rings is 3. The van der Waals surface area contributed by atoms with E-state index in [2.05, 4.69) is 430 Å². The van der Waals surface area contributed by atoms with Crippen LogP contribution in [0.4, 0.5) is 17.1 Å². The first kappa shape index (κ1) is 86.4. The number of aromatic nitrogens is 3. The van der Waals surface area contributed by atoms with Crippen LogP contribution in [0.25, 0.3) is 301 Å². The molecule has 149 heavy (non-hydrogen) atoms. The molecule has 0 aliphatic heterocycles. The summed E-state index contributed by atoms with van der Waals surface area (Å²) in [4.78, 5) is 12.0. The topological polar surface area (TPSA) is 67.3 Å². The molecule has 0 fully saturated rings. The Morgan fingerprint density at radius 3 is 0.926 bits per heavy atom. The van der Waals surface area contributed by atoms with Crippen LogP contribution in [0.15, 0.2) is 462 Å². The molecule has 694 valence electrons. The van der Waals surface area contributed by atoms with Crippen molar-refractivity contribution in [1.82, 2.24) is 13.7 Å². The number of nitrogens with zero attached hydrogens (tertiary/aromatic N) is 6. The second kappa shape index (κ2) is 34.5. The SMILES string of the molecule is [C-]#[N+]c1ccc(-c2ccc3c(c2)oc2ccccc23)c2c1sc1c(-n3c4ccc(-c5ccccc5)cc4c4cc(-c5ccccc5)ccc43)cccc12.[C-]#[N+]c1ccc(-c2cccc3c2oc2ccccc23)c2c1sc1c(-n3c4ccc(-c5ccccc5)cc4c4cc(-c5ccccc5)ccc43)cccc12.[C-]#[N+]c1ccc(-c2cccc3oc4ccccc4c23)c2c1sc1c(-n3c4ccc(C)cc4c4cc(C)ccc43)cccc12. The maximum Gasteiger partial charge on any atom is 0.204 e. The van der Waals surface area contributed by atoms with E-state index in [4.69, 9.17) is 33.0 Å². The molecule has 12 heteroatoms. The van der Waals surface area contributed by atoms with Crippen molar-refractivity contribution in [3.8, 4) is 95.0 Å². The summed E-state index contributed by atoms with van der Waals surface area (Å²) in [6.45, 7) is 28.7. The molecule has 0 saturated heterocycles. The molecule has 31 rings (SSSR count). The van der Waals surface area contributed by atoms with Crippen LogP contribution in [0.2, 0.25) is 0 Å². The van der Waals surface area contributed by atoms with Gasteiger partial charge in [-0.05, 0) is 230 Å². The van der Waals surface area contributed by atoms with E-state index in [1.807, 2.05) is 60.7 Å². The molecule has 0 radical (unpaired) electrons. The van der Waals surface area contributed by atoms with Crippen LogP contribution < -0.4 is 0 Å². The Bertz CT molecular complexity index is 11000. The van der Waals surface area contributed by atoms with Gasteiger partial charge in [-0.1, -0.05) is 333 Å². The van der Waals surface area contributed by atoms with Crippen molar-refractivity contribution in [2.45, 2.75) is 13.8 Å². The van der Waals surface area contributed by atoms with Crippen LogP contribution in [0, 0.1) is 33.6 Å². The number of benzene rings is 22. The average molecular weight is 1950 g/mol. The Labute approximate surface area is 866 Å². The molecular formula is C137H80N6O3S3. The van der Waals surface area contributed by atoms with Crippen LogP contribution in [-0.2, 0) is 0 Å². The van der Waals surface area contributed by atoms with Crippen molar-refractivity contribution in [3.05, 3.63) is 494 Å². The highest BCUT2D eigenvalue weighted by atomic mass is 32.1. The molecule has 0 atom stereocenters. The Hall–Kier alpha value is -19.2. The number of para-hydroxylation sites is 4. The van der Waals surface area contributed by atoms with E-state index in [1.54, 1.807) is 34.0 Å². The minimum Gasteiger partial charge on any atom is -0.456 e. The molecule has 0 saturated carbocycles. The summed E-state index contributed by atoms with van der Waals surface area (Å²) in [6, 6.07) is 159. The van der Waals surface area contributed by atoms with E-state index in [-0.39, 0.29) is 0 Å². The third-order valence-corrected chi connectivity index (χ3v) is 33.8. The molecule has 9 aromatic heterocycles. The van der Waals surface area contributed by atoms with E-state index in [9.17, 15) is 0 Å². The summed E-state index contributed by atoms with van der Waals surface area (Å²) in [7, 11) is 0. The Kier molecular flexibility index (Phi) is 20.0. The van der Waals surface area contributed by atoms with Gasteiger partial charge in [0, 0.05) is 100 Å². The fourth-order valence-corrected chi connectivity index (χ4v) is 27.1. The van der Waals surface area contributed by atoms with Crippen molar-refractivity contribution in [1.29, 1.82) is 0 Å². The van der Waals surface area contributed by atoms with Gasteiger partial charge in [-0.3, -0.25) is 0 Å². The molecule has 9 nitrogen and oxygen atoms in total. The summed E-state index contributed by atoms with van der Waals surface area (Å²) >= 11 is 5.15. The standard InChI is InChI=1S/2C49H28N2OS.C39H24N2OS/c1-50-41-25-24-35(37-18-10-17-36-34-16-8-9-21-45(34)52-47(36)37)46-38-19-11-20-44(48(38)53-49(41)46)51-42-26-22-32(30-12-4-2-5-13-30)28-39(42)40-29-33(23-27-43(40)51)31-14-6-3-7-15-31;1-50-41-24-23-35(34-19-22-37-36-15-8-9-18-45(36)52-46(37)29-34)47-38-16-10-17-44(48(38)53-49(41)47)51-42-25-20-32(30-11-4-2-5-12-30)27-39(42)40-28-33(21-26-43(40)51)31-13-6-3-7-14-31;1-22-14-18-31-28(20-22)29-21-23(2)15-19-32(29)41(31)33-11-6-10-27-37-25(16-17-30(40-3)39(37)43-38(27)33)24-9-7-13-35-36(24)26-8-4-5-12-34(26)42-35/h2*2-29H;4-21H,1-2H3. The predicted molar refractivity (Wildman–Crippen MR) is 629 cm³/mol. The fraction of sp³-hybridized carbons (Fsp3) is 0.0146. The number of fused-ring (bicyclic) bond motifs is 27. The van der Waals surface area contributed by atoms with E-state index in [0.29, 0.717) is 17.1 Å². The number of aryl methyl sites for hydroxylation is 2. The zero-order chi connectivity index (χ0) is 98.9. The van der Waals surface area contributed by atoms with Gasteiger partial charge in [-0.2, -0.15) is 0 Å².